The van der Waals surface area contributed by atoms with E-state index in [1.54, 1.807) is 6.07 Å². The van der Waals surface area contributed by atoms with Crippen LogP contribution in [0.5, 0.6) is 0 Å². The van der Waals surface area contributed by atoms with E-state index >= 15 is 0 Å². The average molecular weight is 275 g/mol. The van der Waals surface area contributed by atoms with Gasteiger partial charge in [-0.15, -0.1) is 0 Å². The fourth-order valence-electron chi connectivity index (χ4n) is 2.04. The molecule has 0 radical (unpaired) electrons. The number of rotatable bonds is 4. The summed E-state index contributed by atoms with van der Waals surface area (Å²) in [6, 6.07) is 14.3. The molecule has 0 aliphatic rings. The van der Waals surface area contributed by atoms with Crippen molar-refractivity contribution in [3.63, 3.8) is 0 Å². The van der Waals surface area contributed by atoms with E-state index in [9.17, 15) is 0 Å². The molecule has 0 amide bonds. The van der Waals surface area contributed by atoms with Crippen LogP contribution in [0.1, 0.15) is 18.1 Å². The molecule has 2 N–H and O–H groups in total. The predicted octanol–water partition coefficient (Wildman–Crippen LogP) is 4.12. The van der Waals surface area contributed by atoms with Crippen molar-refractivity contribution in [2.75, 3.05) is 17.7 Å². The Balaban J connectivity index is 2.13. The van der Waals surface area contributed by atoms with E-state index in [-0.39, 0.29) is 0 Å². The van der Waals surface area contributed by atoms with Crippen molar-refractivity contribution in [1.29, 1.82) is 0 Å². The molecule has 100 valence electrons. The van der Waals surface area contributed by atoms with Gasteiger partial charge in [0.05, 0.1) is 0 Å². The van der Waals surface area contributed by atoms with E-state index in [1.165, 1.54) is 11.3 Å². The fraction of sp³-hybridized carbons (Fsp3) is 0.250. The average Bonchev–Trinajstić information content (AvgIpc) is 2.42. The monoisotopic (exact) mass is 274 g/mol. The van der Waals surface area contributed by atoms with Crippen LogP contribution in [0.25, 0.3) is 0 Å². The fourth-order valence-corrected chi connectivity index (χ4v) is 2.22. The van der Waals surface area contributed by atoms with Crippen LogP contribution in [-0.4, -0.2) is 7.05 Å². The van der Waals surface area contributed by atoms with Gasteiger partial charge in [0, 0.05) is 30.0 Å². The third-order valence-electron chi connectivity index (χ3n) is 3.30. The molecule has 0 spiro atoms. The lowest BCUT2D eigenvalue weighted by atomic mass is 10.1. The minimum atomic E-state index is 0.677. The van der Waals surface area contributed by atoms with Crippen molar-refractivity contribution >= 4 is 23.0 Å². The first-order valence-corrected chi connectivity index (χ1v) is 6.82. The van der Waals surface area contributed by atoms with Crippen LogP contribution in [-0.2, 0) is 13.0 Å². The van der Waals surface area contributed by atoms with Gasteiger partial charge in [-0.3, -0.25) is 0 Å². The highest BCUT2D eigenvalue weighted by atomic mass is 35.5. The zero-order valence-electron chi connectivity index (χ0n) is 11.4. The quantitative estimate of drug-likeness (QED) is 0.850. The zero-order valence-corrected chi connectivity index (χ0v) is 12.1. The molecule has 0 saturated heterocycles. The van der Waals surface area contributed by atoms with Gasteiger partial charge < -0.3 is 10.6 Å². The van der Waals surface area contributed by atoms with Crippen molar-refractivity contribution in [2.24, 2.45) is 0 Å². The van der Waals surface area contributed by atoms with Gasteiger partial charge in [0.25, 0.3) is 0 Å². The second kappa shape index (κ2) is 5.98. The van der Waals surface area contributed by atoms with E-state index in [1.807, 2.05) is 12.1 Å². The maximum absolute atomic E-state index is 5.98. The van der Waals surface area contributed by atoms with E-state index in [2.05, 4.69) is 43.1 Å². The maximum atomic E-state index is 5.98. The van der Waals surface area contributed by atoms with E-state index in [0.717, 1.165) is 24.2 Å². The summed E-state index contributed by atoms with van der Waals surface area (Å²) in [6.07, 6.45) is 1.06. The predicted molar refractivity (Wildman–Crippen MR) is 83.8 cm³/mol. The highest BCUT2D eigenvalue weighted by molar-refractivity contribution is 6.30. The highest BCUT2D eigenvalue weighted by Gasteiger charge is 2.05. The minimum Gasteiger partial charge on any atom is -0.398 e. The van der Waals surface area contributed by atoms with Crippen LogP contribution >= 0.6 is 11.6 Å². The molecule has 2 nitrogen and oxygen atoms in total. The number of halogens is 1. The van der Waals surface area contributed by atoms with Gasteiger partial charge in [0.2, 0.25) is 0 Å². The van der Waals surface area contributed by atoms with Gasteiger partial charge in [0.1, 0.15) is 0 Å². The molecule has 3 heteroatoms. The Bertz CT molecular complexity index is 549. The van der Waals surface area contributed by atoms with E-state index in [0.29, 0.717) is 5.02 Å². The van der Waals surface area contributed by atoms with Gasteiger partial charge >= 0.3 is 0 Å². The van der Waals surface area contributed by atoms with Gasteiger partial charge in [-0.05, 0) is 41.8 Å². The third kappa shape index (κ3) is 3.42. The van der Waals surface area contributed by atoms with Crippen LogP contribution < -0.4 is 10.6 Å². The molecule has 0 bridgehead atoms. The topological polar surface area (TPSA) is 29.3 Å². The number of nitrogens with two attached hydrogens (primary N) is 1. The van der Waals surface area contributed by atoms with Crippen molar-refractivity contribution in [3.05, 3.63) is 58.6 Å². The molecule has 0 heterocycles. The number of nitrogen functional groups attached to an aromatic ring is 1. The molecule has 0 fully saturated rings. The zero-order chi connectivity index (χ0) is 13.8. The van der Waals surface area contributed by atoms with Crippen molar-refractivity contribution < 1.29 is 0 Å². The summed E-state index contributed by atoms with van der Waals surface area (Å²) >= 11 is 5.91. The molecule has 0 atom stereocenters. The Kier molecular flexibility index (Phi) is 4.33. The maximum Gasteiger partial charge on any atom is 0.0446 e. The van der Waals surface area contributed by atoms with Crippen LogP contribution in [0.2, 0.25) is 5.02 Å². The molecule has 0 aliphatic carbocycles. The number of hydrogen-bond acceptors (Lipinski definition) is 2. The molecule has 0 aliphatic heterocycles. The Morgan fingerprint density at radius 3 is 2.37 bits per heavy atom. The number of anilines is 2. The molecule has 2 aromatic rings. The Hall–Kier alpha value is -1.67. The summed E-state index contributed by atoms with van der Waals surface area (Å²) < 4.78 is 0. The van der Waals surface area contributed by atoms with E-state index in [4.69, 9.17) is 17.3 Å². The summed E-state index contributed by atoms with van der Waals surface area (Å²) in [7, 11) is 2.06. The standard InChI is InChI=1S/C16H19ClN2/c1-3-12-4-8-15(9-5-12)19(2)11-13-6-7-14(17)10-16(13)18/h4-10H,3,11,18H2,1-2H3. The van der Waals surface area contributed by atoms with Crippen molar-refractivity contribution in [1.82, 2.24) is 0 Å². The number of aryl methyl sites for hydroxylation is 1. The second-order valence-electron chi connectivity index (χ2n) is 4.72. The van der Waals surface area contributed by atoms with Crippen LogP contribution in [0.4, 0.5) is 11.4 Å². The second-order valence-corrected chi connectivity index (χ2v) is 5.16. The molecular weight excluding hydrogens is 256 g/mol. The lowest BCUT2D eigenvalue weighted by Gasteiger charge is -2.20. The first-order chi connectivity index (χ1) is 9.10. The first-order valence-electron chi connectivity index (χ1n) is 6.44. The lowest BCUT2D eigenvalue weighted by molar-refractivity contribution is 0.924. The Morgan fingerprint density at radius 1 is 1.11 bits per heavy atom. The molecule has 2 rings (SSSR count). The summed E-state index contributed by atoms with van der Waals surface area (Å²) in [5.74, 6) is 0. The first kappa shape index (κ1) is 13.8. The highest BCUT2D eigenvalue weighted by Crippen LogP contribution is 2.22. The summed E-state index contributed by atoms with van der Waals surface area (Å²) in [6.45, 7) is 2.93. The van der Waals surface area contributed by atoms with Gasteiger partial charge in [-0.25, -0.2) is 0 Å². The summed E-state index contributed by atoms with van der Waals surface area (Å²) in [5.41, 5.74) is 10.3. The van der Waals surface area contributed by atoms with Gasteiger partial charge in [-0.1, -0.05) is 36.7 Å². The minimum absolute atomic E-state index is 0.677. The molecular formula is C16H19ClN2. The molecule has 0 aromatic heterocycles. The van der Waals surface area contributed by atoms with Crippen LogP contribution in [0, 0.1) is 0 Å². The molecule has 19 heavy (non-hydrogen) atoms. The van der Waals surface area contributed by atoms with Crippen molar-refractivity contribution in [2.45, 2.75) is 19.9 Å². The normalized spacial score (nSPS) is 10.5. The number of nitrogens with zero attached hydrogens (tertiary/aromatic N) is 1. The third-order valence-corrected chi connectivity index (χ3v) is 3.54. The van der Waals surface area contributed by atoms with E-state index < -0.39 is 0 Å². The Labute approximate surface area is 119 Å². The Morgan fingerprint density at radius 2 is 1.79 bits per heavy atom. The molecule has 0 unspecified atom stereocenters. The van der Waals surface area contributed by atoms with Gasteiger partial charge in [-0.2, -0.15) is 0 Å². The molecule has 0 saturated carbocycles. The summed E-state index contributed by atoms with van der Waals surface area (Å²) in [5, 5.41) is 0.677. The number of hydrogen-bond donors (Lipinski definition) is 1. The SMILES string of the molecule is CCc1ccc(N(C)Cc2ccc(Cl)cc2N)cc1. The van der Waals surface area contributed by atoms with Crippen molar-refractivity contribution in [3.8, 4) is 0 Å². The smallest absolute Gasteiger partial charge is 0.0446 e. The largest absolute Gasteiger partial charge is 0.398 e. The molecule has 2 aromatic carbocycles. The van der Waals surface area contributed by atoms with Crippen LogP contribution in [0.3, 0.4) is 0 Å². The van der Waals surface area contributed by atoms with Gasteiger partial charge in [0.15, 0.2) is 0 Å². The van der Waals surface area contributed by atoms with Crippen LogP contribution in [0.15, 0.2) is 42.5 Å². The number of benzene rings is 2. The summed E-state index contributed by atoms with van der Waals surface area (Å²) in [4.78, 5) is 2.18. The lowest BCUT2D eigenvalue weighted by Crippen LogP contribution is -2.17.